The lowest BCUT2D eigenvalue weighted by Gasteiger charge is -2.08. The third kappa shape index (κ3) is 3.69. The van der Waals surface area contributed by atoms with E-state index in [9.17, 15) is 0 Å². The van der Waals surface area contributed by atoms with Crippen LogP contribution in [0.25, 0.3) is 0 Å². The number of rotatable bonds is 6. The molecule has 0 aliphatic rings. The average molecular weight is 243 g/mol. The topological polar surface area (TPSA) is 62.7 Å². The fourth-order valence-electron chi connectivity index (χ4n) is 1.49. The molecule has 2 aromatic rings. The van der Waals surface area contributed by atoms with E-state index >= 15 is 0 Å². The smallest absolute Gasteiger partial charge is 0.128 e. The largest absolute Gasteiger partial charge is 0.370 e. The summed E-state index contributed by atoms with van der Waals surface area (Å²) >= 11 is 0. The van der Waals surface area contributed by atoms with E-state index in [1.54, 1.807) is 12.5 Å². The molecule has 0 amide bonds. The third-order valence-electron chi connectivity index (χ3n) is 2.40. The van der Waals surface area contributed by atoms with Crippen LogP contribution in [-0.4, -0.2) is 21.5 Å². The summed E-state index contributed by atoms with van der Waals surface area (Å²) < 4.78 is 0. The van der Waals surface area contributed by atoms with E-state index in [0.717, 1.165) is 30.3 Å². The summed E-state index contributed by atoms with van der Waals surface area (Å²) in [7, 11) is 0. The molecule has 0 atom stereocenters. The van der Waals surface area contributed by atoms with Crippen LogP contribution >= 0.6 is 0 Å². The van der Waals surface area contributed by atoms with Gasteiger partial charge in [-0.2, -0.15) is 0 Å². The standard InChI is InChI=1S/C13H17N5/c1-2-7-15-12-4-3-5-13(18-12)16-9-11-6-8-14-10-17-11/h3-6,8,10H,2,7,9H2,1H3,(H2,15,16,18). The molecule has 0 aliphatic carbocycles. The number of hydrogen-bond donors (Lipinski definition) is 2. The first-order chi connectivity index (χ1) is 8.88. The fraction of sp³-hybridized carbons (Fsp3) is 0.308. The summed E-state index contributed by atoms with van der Waals surface area (Å²) in [5.41, 5.74) is 0.943. The van der Waals surface area contributed by atoms with Gasteiger partial charge in [-0.25, -0.2) is 15.0 Å². The molecule has 5 heteroatoms. The highest BCUT2D eigenvalue weighted by molar-refractivity contribution is 5.45. The van der Waals surface area contributed by atoms with Gasteiger partial charge in [0.15, 0.2) is 0 Å². The van der Waals surface area contributed by atoms with Crippen LogP contribution in [0.3, 0.4) is 0 Å². The van der Waals surface area contributed by atoms with Crippen LogP contribution < -0.4 is 10.6 Å². The number of pyridine rings is 1. The second-order valence-corrected chi connectivity index (χ2v) is 3.89. The highest BCUT2D eigenvalue weighted by Crippen LogP contribution is 2.09. The van der Waals surface area contributed by atoms with E-state index in [4.69, 9.17) is 0 Å². The highest BCUT2D eigenvalue weighted by Gasteiger charge is 1.97. The molecule has 0 fully saturated rings. The van der Waals surface area contributed by atoms with Gasteiger partial charge in [0.2, 0.25) is 0 Å². The molecule has 2 aromatic heterocycles. The van der Waals surface area contributed by atoms with Crippen LogP contribution in [-0.2, 0) is 6.54 Å². The molecule has 0 saturated carbocycles. The van der Waals surface area contributed by atoms with E-state index in [0.29, 0.717) is 6.54 Å². The second-order valence-electron chi connectivity index (χ2n) is 3.89. The number of aromatic nitrogens is 3. The molecule has 2 N–H and O–H groups in total. The molecule has 94 valence electrons. The Morgan fingerprint density at radius 1 is 1.11 bits per heavy atom. The summed E-state index contributed by atoms with van der Waals surface area (Å²) in [5, 5.41) is 6.49. The molecule has 0 aliphatic heterocycles. The van der Waals surface area contributed by atoms with Crippen molar-refractivity contribution < 1.29 is 0 Å². The quantitative estimate of drug-likeness (QED) is 0.815. The maximum Gasteiger partial charge on any atom is 0.128 e. The summed E-state index contributed by atoms with van der Waals surface area (Å²) in [5.74, 6) is 1.74. The Bertz CT molecular complexity index is 472. The minimum absolute atomic E-state index is 0.646. The Hall–Kier alpha value is -2.17. The molecule has 0 bridgehead atoms. The second kappa shape index (κ2) is 6.54. The molecule has 0 saturated heterocycles. The van der Waals surface area contributed by atoms with Crippen LogP contribution in [0.15, 0.2) is 36.8 Å². The lowest BCUT2D eigenvalue weighted by Crippen LogP contribution is -2.06. The lowest BCUT2D eigenvalue weighted by atomic mass is 10.4. The van der Waals surface area contributed by atoms with E-state index in [2.05, 4.69) is 32.5 Å². The molecule has 0 spiro atoms. The molecule has 5 nitrogen and oxygen atoms in total. The third-order valence-corrected chi connectivity index (χ3v) is 2.40. The first-order valence-corrected chi connectivity index (χ1v) is 6.08. The summed E-state index contributed by atoms with van der Waals surface area (Å²) in [6.07, 6.45) is 4.36. The Morgan fingerprint density at radius 3 is 2.67 bits per heavy atom. The van der Waals surface area contributed by atoms with Crippen molar-refractivity contribution in [1.29, 1.82) is 0 Å². The Balaban J connectivity index is 1.93. The van der Waals surface area contributed by atoms with E-state index in [1.807, 2.05) is 24.3 Å². The van der Waals surface area contributed by atoms with Crippen LogP contribution in [0.4, 0.5) is 11.6 Å². The number of nitrogens with one attached hydrogen (secondary N) is 2. The molecular weight excluding hydrogens is 226 g/mol. The van der Waals surface area contributed by atoms with Crippen molar-refractivity contribution in [3.63, 3.8) is 0 Å². The molecule has 2 rings (SSSR count). The van der Waals surface area contributed by atoms with Crippen molar-refractivity contribution in [2.75, 3.05) is 17.2 Å². The first kappa shape index (κ1) is 12.3. The Labute approximate surface area is 107 Å². The molecule has 0 radical (unpaired) electrons. The first-order valence-electron chi connectivity index (χ1n) is 6.08. The van der Waals surface area contributed by atoms with Crippen molar-refractivity contribution in [3.05, 3.63) is 42.5 Å². The zero-order valence-corrected chi connectivity index (χ0v) is 10.4. The van der Waals surface area contributed by atoms with Crippen molar-refractivity contribution in [2.24, 2.45) is 0 Å². The van der Waals surface area contributed by atoms with E-state index in [1.165, 1.54) is 0 Å². The van der Waals surface area contributed by atoms with Gasteiger partial charge in [-0.05, 0) is 24.6 Å². The molecular formula is C13H17N5. The molecule has 2 heterocycles. The van der Waals surface area contributed by atoms with Crippen LogP contribution in [0, 0.1) is 0 Å². The SMILES string of the molecule is CCCNc1cccc(NCc2ccncn2)n1. The van der Waals surface area contributed by atoms with Crippen LogP contribution in [0.2, 0.25) is 0 Å². The van der Waals surface area contributed by atoms with Crippen molar-refractivity contribution in [3.8, 4) is 0 Å². The van der Waals surface area contributed by atoms with Gasteiger partial charge in [0.1, 0.15) is 18.0 Å². The molecule has 18 heavy (non-hydrogen) atoms. The minimum Gasteiger partial charge on any atom is -0.370 e. The van der Waals surface area contributed by atoms with Crippen molar-refractivity contribution >= 4 is 11.6 Å². The van der Waals surface area contributed by atoms with Crippen molar-refractivity contribution in [2.45, 2.75) is 19.9 Å². The summed E-state index contributed by atoms with van der Waals surface area (Å²) in [4.78, 5) is 12.5. The van der Waals surface area contributed by atoms with E-state index in [-0.39, 0.29) is 0 Å². The Morgan fingerprint density at radius 2 is 1.94 bits per heavy atom. The van der Waals surface area contributed by atoms with Crippen LogP contribution in [0.1, 0.15) is 19.0 Å². The van der Waals surface area contributed by atoms with Gasteiger partial charge in [-0.15, -0.1) is 0 Å². The zero-order valence-electron chi connectivity index (χ0n) is 10.4. The minimum atomic E-state index is 0.646. The predicted molar refractivity (Wildman–Crippen MR) is 72.4 cm³/mol. The van der Waals surface area contributed by atoms with Crippen molar-refractivity contribution in [1.82, 2.24) is 15.0 Å². The summed E-state index contributed by atoms with van der Waals surface area (Å²) in [6.45, 7) is 3.71. The van der Waals surface area contributed by atoms with Gasteiger partial charge in [0.05, 0.1) is 12.2 Å². The number of nitrogens with zero attached hydrogens (tertiary/aromatic N) is 3. The average Bonchev–Trinajstić information content (AvgIpc) is 2.44. The van der Waals surface area contributed by atoms with E-state index < -0.39 is 0 Å². The summed E-state index contributed by atoms with van der Waals surface area (Å²) in [6, 6.07) is 7.77. The monoisotopic (exact) mass is 243 g/mol. The zero-order chi connectivity index (χ0) is 12.6. The van der Waals surface area contributed by atoms with Gasteiger partial charge < -0.3 is 10.6 Å². The van der Waals surface area contributed by atoms with Gasteiger partial charge >= 0.3 is 0 Å². The lowest BCUT2D eigenvalue weighted by molar-refractivity contribution is 0.964. The normalized spacial score (nSPS) is 10.1. The van der Waals surface area contributed by atoms with Gasteiger partial charge in [-0.3, -0.25) is 0 Å². The van der Waals surface area contributed by atoms with Gasteiger partial charge in [0.25, 0.3) is 0 Å². The number of hydrogen-bond acceptors (Lipinski definition) is 5. The predicted octanol–water partition coefficient (Wildman–Crippen LogP) is 2.31. The fourth-order valence-corrected chi connectivity index (χ4v) is 1.49. The Kier molecular flexibility index (Phi) is 4.46. The number of anilines is 2. The van der Waals surface area contributed by atoms with Gasteiger partial charge in [-0.1, -0.05) is 13.0 Å². The molecule has 0 unspecified atom stereocenters. The maximum absolute atomic E-state index is 4.46. The van der Waals surface area contributed by atoms with Crippen LogP contribution in [0.5, 0.6) is 0 Å². The van der Waals surface area contributed by atoms with Gasteiger partial charge in [0, 0.05) is 12.7 Å². The maximum atomic E-state index is 4.46. The highest BCUT2D eigenvalue weighted by atomic mass is 15.1. The molecule has 0 aromatic carbocycles.